The number of carbonyl (C=O) groups is 1. The van der Waals surface area contributed by atoms with E-state index in [1.807, 2.05) is 0 Å². The molecule has 2 aliphatic carbocycles. The van der Waals surface area contributed by atoms with Crippen LogP contribution in [0.2, 0.25) is 0 Å². The van der Waals surface area contributed by atoms with E-state index in [1.165, 1.54) is 12.8 Å². The van der Waals surface area contributed by atoms with Crippen LogP contribution in [-0.2, 0) is 4.79 Å². The number of hydrogen-bond donors (Lipinski definition) is 1. The molecule has 3 rings (SSSR count). The van der Waals surface area contributed by atoms with Gasteiger partial charge in [-0.25, -0.2) is 0 Å². The highest BCUT2D eigenvalue weighted by molar-refractivity contribution is 5.91. The van der Waals surface area contributed by atoms with Gasteiger partial charge in [-0.3, -0.25) is 10.1 Å². The Morgan fingerprint density at radius 1 is 1.47 bits per heavy atom. The van der Waals surface area contributed by atoms with E-state index in [1.54, 1.807) is 0 Å². The third-order valence-corrected chi connectivity index (χ3v) is 3.95. The first-order valence-electron chi connectivity index (χ1n) is 6.34. The zero-order valence-electron chi connectivity index (χ0n) is 9.46. The number of hydrogen-bond acceptors (Lipinski definition) is 2. The molecule has 1 heterocycles. The molecule has 0 bridgehead atoms. The van der Waals surface area contributed by atoms with Crippen molar-refractivity contribution in [2.75, 3.05) is 6.54 Å². The van der Waals surface area contributed by atoms with Crippen molar-refractivity contribution in [1.29, 1.82) is 0 Å². The number of carbonyl (C=O) groups excluding carboxylic acids is 1. The molecule has 1 saturated heterocycles. The molecule has 1 aliphatic heterocycles. The van der Waals surface area contributed by atoms with Gasteiger partial charge in [0.15, 0.2) is 0 Å². The molecule has 3 nitrogen and oxygen atoms in total. The van der Waals surface area contributed by atoms with Crippen molar-refractivity contribution in [2.45, 2.75) is 57.2 Å². The van der Waals surface area contributed by atoms with Gasteiger partial charge in [0.25, 0.3) is 0 Å². The summed E-state index contributed by atoms with van der Waals surface area (Å²) in [7, 11) is 0. The van der Waals surface area contributed by atoms with Crippen LogP contribution in [-0.4, -0.2) is 29.1 Å². The van der Waals surface area contributed by atoms with E-state index in [-0.39, 0.29) is 5.54 Å². The van der Waals surface area contributed by atoms with Crippen molar-refractivity contribution in [1.82, 2.24) is 10.2 Å². The van der Waals surface area contributed by atoms with Crippen LogP contribution in [0.15, 0.2) is 0 Å². The molecule has 1 N–H and O–H groups in total. The average Bonchev–Trinajstić information content (AvgIpc) is 3.08. The predicted molar refractivity (Wildman–Crippen MR) is 58.2 cm³/mol. The summed E-state index contributed by atoms with van der Waals surface area (Å²) < 4.78 is 0. The molecule has 0 aromatic heterocycles. The Bertz CT molecular complexity index is 281. The van der Waals surface area contributed by atoms with Crippen LogP contribution < -0.4 is 5.32 Å². The molecule has 1 amide bonds. The lowest BCUT2D eigenvalue weighted by Gasteiger charge is -2.23. The van der Waals surface area contributed by atoms with Crippen LogP contribution in [0.3, 0.4) is 0 Å². The molecule has 1 spiro atoms. The number of amides is 1. The van der Waals surface area contributed by atoms with Crippen LogP contribution in [0, 0.1) is 5.92 Å². The van der Waals surface area contributed by atoms with E-state index >= 15 is 0 Å². The standard InChI is InChI=1S/C12H20N2O/c1-2-3-10-13-12(6-7-12)11(15)14(10)8-9-4-5-9/h9-10,13H,2-8H2,1H3. The summed E-state index contributed by atoms with van der Waals surface area (Å²) in [4.78, 5) is 14.3. The molecule has 0 aromatic rings. The minimum absolute atomic E-state index is 0.102. The Morgan fingerprint density at radius 2 is 2.20 bits per heavy atom. The van der Waals surface area contributed by atoms with Crippen LogP contribution in [0.25, 0.3) is 0 Å². The third-order valence-electron chi connectivity index (χ3n) is 3.95. The molecule has 3 aliphatic rings. The molecule has 0 radical (unpaired) electrons. The minimum atomic E-state index is -0.102. The van der Waals surface area contributed by atoms with Gasteiger partial charge in [-0.2, -0.15) is 0 Å². The lowest BCUT2D eigenvalue weighted by molar-refractivity contribution is -0.131. The summed E-state index contributed by atoms with van der Waals surface area (Å²) in [6.07, 6.45) is 7.39. The molecular formula is C12H20N2O. The summed E-state index contributed by atoms with van der Waals surface area (Å²) in [6, 6.07) is 0. The monoisotopic (exact) mass is 208 g/mol. The minimum Gasteiger partial charge on any atom is -0.325 e. The highest BCUT2D eigenvalue weighted by Crippen LogP contribution is 2.44. The maximum atomic E-state index is 12.2. The van der Waals surface area contributed by atoms with E-state index in [0.29, 0.717) is 12.1 Å². The lowest BCUT2D eigenvalue weighted by Crippen LogP contribution is -2.38. The van der Waals surface area contributed by atoms with Crippen molar-refractivity contribution in [3.63, 3.8) is 0 Å². The summed E-state index contributed by atoms with van der Waals surface area (Å²) in [5.74, 6) is 1.21. The maximum absolute atomic E-state index is 12.2. The highest BCUT2D eigenvalue weighted by atomic mass is 16.2. The van der Waals surface area contributed by atoms with Crippen molar-refractivity contribution >= 4 is 5.91 Å². The molecular weight excluding hydrogens is 188 g/mol. The summed E-state index contributed by atoms with van der Waals surface area (Å²) >= 11 is 0. The zero-order valence-corrected chi connectivity index (χ0v) is 9.46. The Balaban J connectivity index is 1.71. The second-order valence-electron chi connectivity index (χ2n) is 5.43. The van der Waals surface area contributed by atoms with Gasteiger partial charge < -0.3 is 4.90 Å². The van der Waals surface area contributed by atoms with Gasteiger partial charge in [-0.05, 0) is 38.0 Å². The Morgan fingerprint density at radius 3 is 2.73 bits per heavy atom. The second-order valence-corrected chi connectivity index (χ2v) is 5.43. The molecule has 15 heavy (non-hydrogen) atoms. The molecule has 84 valence electrons. The van der Waals surface area contributed by atoms with Crippen LogP contribution in [0.4, 0.5) is 0 Å². The maximum Gasteiger partial charge on any atom is 0.244 e. The Hall–Kier alpha value is -0.570. The topological polar surface area (TPSA) is 32.3 Å². The molecule has 3 fully saturated rings. The third kappa shape index (κ3) is 1.57. The Labute approximate surface area is 91.2 Å². The summed E-state index contributed by atoms with van der Waals surface area (Å²) in [5, 5.41) is 3.55. The van der Waals surface area contributed by atoms with Crippen molar-refractivity contribution in [3.8, 4) is 0 Å². The number of nitrogens with zero attached hydrogens (tertiary/aromatic N) is 1. The van der Waals surface area contributed by atoms with E-state index in [0.717, 1.165) is 38.1 Å². The number of nitrogens with one attached hydrogen (secondary N) is 1. The average molecular weight is 208 g/mol. The molecule has 2 saturated carbocycles. The fourth-order valence-electron chi connectivity index (χ4n) is 2.65. The van der Waals surface area contributed by atoms with E-state index in [4.69, 9.17) is 0 Å². The van der Waals surface area contributed by atoms with E-state index < -0.39 is 0 Å². The van der Waals surface area contributed by atoms with Gasteiger partial charge >= 0.3 is 0 Å². The van der Waals surface area contributed by atoms with Crippen LogP contribution in [0.5, 0.6) is 0 Å². The lowest BCUT2D eigenvalue weighted by atomic mass is 10.2. The molecule has 1 unspecified atom stereocenters. The second kappa shape index (κ2) is 3.21. The first-order valence-corrected chi connectivity index (χ1v) is 6.34. The van der Waals surface area contributed by atoms with E-state index in [9.17, 15) is 4.79 Å². The quantitative estimate of drug-likeness (QED) is 0.759. The number of rotatable bonds is 4. The van der Waals surface area contributed by atoms with Crippen molar-refractivity contribution < 1.29 is 4.79 Å². The van der Waals surface area contributed by atoms with Gasteiger partial charge in [0.2, 0.25) is 5.91 Å². The molecule has 1 atom stereocenters. The van der Waals surface area contributed by atoms with Gasteiger partial charge in [-0.1, -0.05) is 13.3 Å². The fraction of sp³-hybridized carbons (Fsp3) is 0.917. The first kappa shape index (κ1) is 9.64. The first-order chi connectivity index (χ1) is 7.25. The Kier molecular flexibility index (Phi) is 2.06. The normalized spacial score (nSPS) is 32.7. The highest BCUT2D eigenvalue weighted by Gasteiger charge is 2.59. The van der Waals surface area contributed by atoms with Gasteiger partial charge in [0.05, 0.1) is 11.7 Å². The zero-order chi connectivity index (χ0) is 10.5. The van der Waals surface area contributed by atoms with Gasteiger partial charge in [-0.15, -0.1) is 0 Å². The summed E-state index contributed by atoms with van der Waals surface area (Å²) in [6.45, 7) is 3.21. The van der Waals surface area contributed by atoms with Crippen molar-refractivity contribution in [2.24, 2.45) is 5.92 Å². The van der Waals surface area contributed by atoms with Crippen LogP contribution >= 0.6 is 0 Å². The van der Waals surface area contributed by atoms with Gasteiger partial charge in [0.1, 0.15) is 0 Å². The fourth-order valence-corrected chi connectivity index (χ4v) is 2.65. The van der Waals surface area contributed by atoms with Gasteiger partial charge in [0, 0.05) is 6.54 Å². The molecule has 0 aromatic carbocycles. The smallest absolute Gasteiger partial charge is 0.244 e. The van der Waals surface area contributed by atoms with E-state index in [2.05, 4.69) is 17.1 Å². The van der Waals surface area contributed by atoms with Crippen LogP contribution in [0.1, 0.15) is 45.4 Å². The SMILES string of the molecule is CCCC1NC2(CC2)C(=O)N1CC1CC1. The van der Waals surface area contributed by atoms with Crippen molar-refractivity contribution in [3.05, 3.63) is 0 Å². The largest absolute Gasteiger partial charge is 0.325 e. The molecule has 3 heteroatoms. The summed E-state index contributed by atoms with van der Waals surface area (Å²) in [5.41, 5.74) is -0.102. The predicted octanol–water partition coefficient (Wildman–Crippen LogP) is 1.49.